The molecule has 0 saturated heterocycles. The summed E-state index contributed by atoms with van der Waals surface area (Å²) in [5, 5.41) is 11.9. The van der Waals surface area contributed by atoms with Gasteiger partial charge in [-0.3, -0.25) is 4.99 Å². The second kappa shape index (κ2) is 26.6. The summed E-state index contributed by atoms with van der Waals surface area (Å²) < 4.78 is 50.4. The Balaban J connectivity index is 0.000000515. The summed E-state index contributed by atoms with van der Waals surface area (Å²) in [5.74, 6) is -2.88. The molecule has 3 atom stereocenters. The first-order valence-electron chi connectivity index (χ1n) is 20.9. The minimum absolute atomic E-state index is 0.0187. The Labute approximate surface area is 350 Å². The summed E-state index contributed by atoms with van der Waals surface area (Å²) in [4.78, 5) is 30.7. The number of benzene rings is 2. The molecule has 10 nitrogen and oxygen atoms in total. The second-order valence-corrected chi connectivity index (χ2v) is 16.3. The van der Waals surface area contributed by atoms with Gasteiger partial charge in [-0.15, -0.1) is 0 Å². The van der Waals surface area contributed by atoms with Crippen molar-refractivity contribution < 1.29 is 37.7 Å². The van der Waals surface area contributed by atoms with Crippen molar-refractivity contribution in [1.82, 2.24) is 14.9 Å². The van der Waals surface area contributed by atoms with Crippen LogP contribution in [0.3, 0.4) is 0 Å². The van der Waals surface area contributed by atoms with Gasteiger partial charge in [0.25, 0.3) is 5.92 Å². The SMILES string of the molecule is CCCC(=NC)C(CC)NC(=O)OC(C)(C)C.CCCN(CC)CCOC1=CCC(C(F)(F)C(C=O)NSc2ccc3cc(OC4CCCC4)ccc3c2)C=C1.CO. The Bertz CT molecular complexity index is 1610. The second-order valence-electron chi connectivity index (χ2n) is 15.4. The molecule has 2 aromatic carbocycles. The molecule has 1 amide bonds. The number of aldehydes is 1. The van der Waals surface area contributed by atoms with Gasteiger partial charge in [0.15, 0.2) is 0 Å². The number of ether oxygens (including phenoxy) is 3. The van der Waals surface area contributed by atoms with Gasteiger partial charge in [-0.05, 0) is 144 Å². The Kier molecular flexibility index (Phi) is 23.2. The molecule has 4 rings (SSSR count). The van der Waals surface area contributed by atoms with Crippen LogP contribution in [0.1, 0.15) is 106 Å². The molecular weight excluding hydrogens is 763 g/mol. The van der Waals surface area contributed by atoms with Crippen molar-refractivity contribution >= 4 is 40.8 Å². The van der Waals surface area contributed by atoms with Gasteiger partial charge < -0.3 is 34.3 Å². The summed E-state index contributed by atoms with van der Waals surface area (Å²) >= 11 is 1.05. The number of aliphatic hydroxyl groups is 1. The van der Waals surface area contributed by atoms with Gasteiger partial charge in [-0.2, -0.15) is 0 Å². The Morgan fingerprint density at radius 1 is 1.03 bits per heavy atom. The number of carbonyl (C=O) groups excluding carboxylic acids is 2. The van der Waals surface area contributed by atoms with E-state index in [1.807, 2.05) is 64.1 Å². The lowest BCUT2D eigenvalue weighted by Gasteiger charge is -2.30. The molecule has 2 aromatic rings. The van der Waals surface area contributed by atoms with E-state index in [0.29, 0.717) is 24.8 Å². The Morgan fingerprint density at radius 3 is 2.29 bits per heavy atom. The summed E-state index contributed by atoms with van der Waals surface area (Å²) in [5.41, 5.74) is 0.567. The number of amides is 1. The molecule has 0 heterocycles. The van der Waals surface area contributed by atoms with Gasteiger partial charge in [-0.1, -0.05) is 52.3 Å². The third kappa shape index (κ3) is 17.4. The monoisotopic (exact) mass is 832 g/mol. The molecule has 13 heteroatoms. The predicted octanol–water partition coefficient (Wildman–Crippen LogP) is 9.94. The highest BCUT2D eigenvalue weighted by atomic mass is 32.2. The number of rotatable bonds is 20. The molecule has 0 radical (unpaired) electrons. The van der Waals surface area contributed by atoms with Crippen molar-refractivity contribution in [2.24, 2.45) is 10.9 Å². The average molecular weight is 833 g/mol. The van der Waals surface area contributed by atoms with Crippen molar-refractivity contribution in [2.75, 3.05) is 40.4 Å². The van der Waals surface area contributed by atoms with E-state index in [2.05, 4.69) is 40.7 Å². The maximum atomic E-state index is 15.3. The molecule has 2 aliphatic carbocycles. The lowest BCUT2D eigenvalue weighted by molar-refractivity contribution is -0.122. The zero-order valence-electron chi connectivity index (χ0n) is 36.3. The molecule has 1 fully saturated rings. The molecule has 0 aromatic heterocycles. The highest BCUT2D eigenvalue weighted by molar-refractivity contribution is 7.97. The van der Waals surface area contributed by atoms with Crippen LogP contribution in [-0.4, -0.2) is 98.2 Å². The number of allylic oxidation sites excluding steroid dienone is 3. The topological polar surface area (TPSA) is 122 Å². The third-order valence-electron chi connectivity index (χ3n) is 9.76. The molecule has 1 saturated carbocycles. The standard InChI is InChI=1S/C31H40F2N2O3S.C13H26N2O2.CH4O/c1-3-17-35(4-2)18-19-37-26-14-11-25(12-15-26)31(32,33)30(22-36)34-39-29-16-10-23-20-28(13-9-24(23)21-29)38-27-7-5-6-8-27;1-7-9-11(14-6)10(8-2)15-12(16)17-13(3,4)5;1-2/h9-11,13-16,20-22,25,27,30,34H,3-8,12,17-19H2,1-2H3;10H,7-9H2,1-6H3,(H,15,16);2H,1H3. The lowest BCUT2D eigenvalue weighted by Crippen LogP contribution is -2.48. The fraction of sp³-hybridized carbons (Fsp3) is 0.622. The highest BCUT2D eigenvalue weighted by Gasteiger charge is 2.46. The van der Waals surface area contributed by atoms with E-state index in [4.69, 9.17) is 19.3 Å². The normalized spacial score (nSPS) is 17.0. The number of aliphatic hydroxyl groups excluding tert-OH is 1. The van der Waals surface area contributed by atoms with Crippen LogP contribution < -0.4 is 14.8 Å². The van der Waals surface area contributed by atoms with Crippen LogP contribution in [0.15, 0.2) is 70.3 Å². The summed E-state index contributed by atoms with van der Waals surface area (Å²) in [7, 11) is 2.77. The number of aliphatic imine (C=N–C) groups is 1. The van der Waals surface area contributed by atoms with E-state index in [1.54, 1.807) is 19.2 Å². The molecular formula is C45H70F2N4O6S. The first-order valence-corrected chi connectivity index (χ1v) is 21.7. The Morgan fingerprint density at radius 2 is 1.72 bits per heavy atom. The van der Waals surface area contributed by atoms with Gasteiger partial charge in [0.05, 0.1) is 12.1 Å². The number of alkyl halides is 2. The molecule has 0 spiro atoms. The lowest BCUT2D eigenvalue weighted by atomic mass is 9.89. The van der Waals surface area contributed by atoms with E-state index in [1.165, 1.54) is 18.9 Å². The number of fused-ring (bicyclic) bond motifs is 1. The molecule has 2 aliphatic rings. The summed E-state index contributed by atoms with van der Waals surface area (Å²) in [6, 6.07) is 10.1. The number of alkyl carbamates (subject to hydrolysis) is 1. The van der Waals surface area contributed by atoms with Gasteiger partial charge in [0, 0.05) is 37.2 Å². The van der Waals surface area contributed by atoms with Crippen molar-refractivity contribution in [1.29, 1.82) is 0 Å². The average Bonchev–Trinajstić information content (AvgIpc) is 3.72. The van der Waals surface area contributed by atoms with Crippen molar-refractivity contribution in [3.05, 3.63) is 60.4 Å². The molecule has 3 N–H and O–H groups in total. The maximum Gasteiger partial charge on any atom is 0.408 e. The van der Waals surface area contributed by atoms with E-state index in [9.17, 15) is 9.59 Å². The molecule has 326 valence electrons. The number of likely N-dealkylation sites (N-methyl/N-ethyl adjacent to an activating group) is 1. The number of nitrogens with one attached hydrogen (secondary N) is 2. The molecule has 3 unspecified atom stereocenters. The largest absolute Gasteiger partial charge is 0.493 e. The van der Waals surface area contributed by atoms with E-state index in [0.717, 1.165) is 104 Å². The summed E-state index contributed by atoms with van der Waals surface area (Å²) in [6.07, 6.45) is 13.6. The summed E-state index contributed by atoms with van der Waals surface area (Å²) in [6.45, 7) is 17.2. The van der Waals surface area contributed by atoms with Gasteiger partial charge in [-0.25, -0.2) is 18.3 Å². The highest BCUT2D eigenvalue weighted by Crippen LogP contribution is 2.36. The first kappa shape index (κ1) is 50.6. The number of hydrogen-bond donors (Lipinski definition) is 3. The van der Waals surface area contributed by atoms with Crippen LogP contribution in [0.5, 0.6) is 5.75 Å². The van der Waals surface area contributed by atoms with Crippen molar-refractivity contribution in [3.63, 3.8) is 0 Å². The van der Waals surface area contributed by atoms with Gasteiger partial charge >= 0.3 is 6.09 Å². The van der Waals surface area contributed by atoms with Crippen LogP contribution in [0.2, 0.25) is 0 Å². The van der Waals surface area contributed by atoms with Crippen LogP contribution >= 0.6 is 11.9 Å². The zero-order chi connectivity index (χ0) is 43.1. The van der Waals surface area contributed by atoms with Crippen molar-refractivity contribution in [2.45, 2.75) is 141 Å². The molecule has 0 aliphatic heterocycles. The van der Waals surface area contributed by atoms with E-state index in [-0.39, 0.29) is 18.6 Å². The fourth-order valence-electron chi connectivity index (χ4n) is 6.70. The third-order valence-corrected chi connectivity index (χ3v) is 10.6. The minimum Gasteiger partial charge on any atom is -0.493 e. The predicted molar refractivity (Wildman–Crippen MR) is 234 cm³/mol. The zero-order valence-corrected chi connectivity index (χ0v) is 37.1. The molecule has 58 heavy (non-hydrogen) atoms. The van der Waals surface area contributed by atoms with Gasteiger partial charge in [0.1, 0.15) is 36.0 Å². The van der Waals surface area contributed by atoms with Crippen LogP contribution in [0.25, 0.3) is 10.8 Å². The van der Waals surface area contributed by atoms with Gasteiger partial charge in [0.2, 0.25) is 0 Å². The smallest absolute Gasteiger partial charge is 0.408 e. The maximum absolute atomic E-state index is 15.3. The minimum atomic E-state index is -3.25. The van der Waals surface area contributed by atoms with Crippen LogP contribution in [0, 0.1) is 5.92 Å². The number of halogens is 2. The van der Waals surface area contributed by atoms with Crippen LogP contribution in [-0.2, 0) is 14.3 Å². The Hall–Kier alpha value is -3.52. The number of carbonyl (C=O) groups is 2. The number of hydrogen-bond acceptors (Lipinski definition) is 10. The number of nitrogens with zero attached hydrogens (tertiary/aromatic N) is 2. The quantitative estimate of drug-likeness (QED) is 0.0680. The first-order chi connectivity index (χ1) is 27.8. The van der Waals surface area contributed by atoms with E-state index >= 15 is 8.78 Å². The van der Waals surface area contributed by atoms with Crippen molar-refractivity contribution in [3.8, 4) is 5.75 Å². The fourth-order valence-corrected chi connectivity index (χ4v) is 7.49. The van der Waals surface area contributed by atoms with Crippen LogP contribution in [0.4, 0.5) is 13.6 Å². The van der Waals surface area contributed by atoms with E-state index < -0.39 is 23.5 Å². The molecule has 0 bridgehead atoms.